The Bertz CT molecular complexity index is 350. The summed E-state index contributed by atoms with van der Waals surface area (Å²) in [6.45, 7) is 6.56. The van der Waals surface area contributed by atoms with Crippen LogP contribution in [0, 0.1) is 11.7 Å². The van der Waals surface area contributed by atoms with Crippen molar-refractivity contribution in [2.24, 2.45) is 5.92 Å². The molecular formula is C14H21FN2. The van der Waals surface area contributed by atoms with Crippen LogP contribution in [0.3, 0.4) is 0 Å². The zero-order valence-corrected chi connectivity index (χ0v) is 10.5. The summed E-state index contributed by atoms with van der Waals surface area (Å²) in [5.74, 6) is 0.475. The zero-order valence-electron chi connectivity index (χ0n) is 10.5. The van der Waals surface area contributed by atoms with Crippen molar-refractivity contribution < 1.29 is 4.39 Å². The molecule has 2 rings (SSSR count). The van der Waals surface area contributed by atoms with Crippen LogP contribution in [0.25, 0.3) is 0 Å². The lowest BCUT2D eigenvalue weighted by atomic mass is 9.94. The molecule has 0 spiro atoms. The lowest BCUT2D eigenvalue weighted by Crippen LogP contribution is -2.47. The first kappa shape index (κ1) is 12.5. The largest absolute Gasteiger partial charge is 0.316 e. The van der Waals surface area contributed by atoms with Crippen LogP contribution < -0.4 is 10.6 Å². The van der Waals surface area contributed by atoms with Crippen molar-refractivity contribution in [3.05, 3.63) is 35.6 Å². The van der Waals surface area contributed by atoms with Gasteiger partial charge >= 0.3 is 0 Å². The Morgan fingerprint density at radius 1 is 1.35 bits per heavy atom. The summed E-state index contributed by atoms with van der Waals surface area (Å²) >= 11 is 0. The predicted molar refractivity (Wildman–Crippen MR) is 68.4 cm³/mol. The van der Waals surface area contributed by atoms with Gasteiger partial charge in [0.2, 0.25) is 0 Å². The lowest BCUT2D eigenvalue weighted by Gasteiger charge is -2.33. The van der Waals surface area contributed by atoms with Crippen molar-refractivity contribution in [1.29, 1.82) is 0 Å². The molecule has 1 aliphatic heterocycles. The average molecular weight is 236 g/mol. The summed E-state index contributed by atoms with van der Waals surface area (Å²) < 4.78 is 12.8. The highest BCUT2D eigenvalue weighted by molar-refractivity contribution is 5.19. The monoisotopic (exact) mass is 236 g/mol. The van der Waals surface area contributed by atoms with Crippen LogP contribution in [0.4, 0.5) is 4.39 Å². The van der Waals surface area contributed by atoms with Crippen LogP contribution in [-0.2, 0) is 0 Å². The highest BCUT2D eigenvalue weighted by atomic mass is 19.1. The van der Waals surface area contributed by atoms with Crippen LogP contribution in [0.5, 0.6) is 0 Å². The SMILES string of the molecule is CC(NC1CCNCC1C)c1ccc(F)cc1. The van der Waals surface area contributed by atoms with E-state index in [0.29, 0.717) is 12.0 Å². The molecule has 1 fully saturated rings. The van der Waals surface area contributed by atoms with E-state index in [2.05, 4.69) is 24.5 Å². The van der Waals surface area contributed by atoms with Crippen molar-refractivity contribution >= 4 is 0 Å². The number of hydrogen-bond acceptors (Lipinski definition) is 2. The van der Waals surface area contributed by atoms with Gasteiger partial charge in [-0.15, -0.1) is 0 Å². The molecule has 0 aromatic heterocycles. The summed E-state index contributed by atoms with van der Waals surface area (Å²) in [4.78, 5) is 0. The molecule has 2 nitrogen and oxygen atoms in total. The summed E-state index contributed by atoms with van der Waals surface area (Å²) in [5.41, 5.74) is 1.15. The third-order valence-corrected chi connectivity index (χ3v) is 3.62. The quantitative estimate of drug-likeness (QED) is 0.842. The number of hydrogen-bond donors (Lipinski definition) is 2. The molecule has 3 atom stereocenters. The van der Waals surface area contributed by atoms with Gasteiger partial charge in [-0.1, -0.05) is 19.1 Å². The van der Waals surface area contributed by atoms with Gasteiger partial charge in [0.05, 0.1) is 0 Å². The minimum absolute atomic E-state index is 0.170. The molecule has 1 heterocycles. The molecule has 0 bridgehead atoms. The molecule has 0 amide bonds. The molecule has 0 radical (unpaired) electrons. The molecule has 1 saturated heterocycles. The molecule has 2 N–H and O–H groups in total. The van der Waals surface area contributed by atoms with Gasteiger partial charge in [-0.25, -0.2) is 4.39 Å². The number of nitrogens with one attached hydrogen (secondary N) is 2. The maximum Gasteiger partial charge on any atom is 0.123 e. The Hall–Kier alpha value is -0.930. The van der Waals surface area contributed by atoms with Gasteiger partial charge < -0.3 is 10.6 Å². The summed E-state index contributed by atoms with van der Waals surface area (Å²) in [5, 5.41) is 7.04. The molecule has 1 aliphatic rings. The molecule has 1 aromatic carbocycles. The van der Waals surface area contributed by atoms with E-state index in [1.807, 2.05) is 12.1 Å². The summed E-state index contributed by atoms with van der Waals surface area (Å²) in [6.07, 6.45) is 1.16. The fraction of sp³-hybridized carbons (Fsp3) is 0.571. The fourth-order valence-electron chi connectivity index (χ4n) is 2.43. The minimum atomic E-state index is -0.170. The van der Waals surface area contributed by atoms with Gasteiger partial charge in [0.25, 0.3) is 0 Å². The summed E-state index contributed by atoms with van der Waals surface area (Å²) in [6, 6.07) is 7.61. The van der Waals surface area contributed by atoms with E-state index in [4.69, 9.17) is 0 Å². The van der Waals surface area contributed by atoms with Crippen LogP contribution >= 0.6 is 0 Å². The van der Waals surface area contributed by atoms with E-state index in [-0.39, 0.29) is 11.9 Å². The Balaban J connectivity index is 1.95. The second-order valence-corrected chi connectivity index (χ2v) is 5.02. The van der Waals surface area contributed by atoms with Crippen LogP contribution in [0.15, 0.2) is 24.3 Å². The van der Waals surface area contributed by atoms with Crippen molar-refractivity contribution in [2.45, 2.75) is 32.4 Å². The second-order valence-electron chi connectivity index (χ2n) is 5.02. The highest BCUT2D eigenvalue weighted by Gasteiger charge is 2.22. The highest BCUT2D eigenvalue weighted by Crippen LogP contribution is 2.18. The number of halogens is 1. The maximum absolute atomic E-state index is 12.8. The molecule has 0 aliphatic carbocycles. The van der Waals surface area contributed by atoms with Gasteiger partial charge in [0.1, 0.15) is 5.82 Å². The third-order valence-electron chi connectivity index (χ3n) is 3.62. The first-order valence-electron chi connectivity index (χ1n) is 6.39. The van der Waals surface area contributed by atoms with Crippen molar-refractivity contribution in [3.8, 4) is 0 Å². The van der Waals surface area contributed by atoms with Gasteiger partial charge in [0, 0.05) is 12.1 Å². The molecule has 0 saturated carbocycles. The van der Waals surface area contributed by atoms with Gasteiger partial charge in [-0.3, -0.25) is 0 Å². The van der Waals surface area contributed by atoms with E-state index in [1.165, 1.54) is 12.1 Å². The van der Waals surface area contributed by atoms with Crippen LogP contribution in [-0.4, -0.2) is 19.1 Å². The number of rotatable bonds is 3. The normalized spacial score (nSPS) is 26.8. The zero-order chi connectivity index (χ0) is 12.3. The molecule has 3 heteroatoms. The van der Waals surface area contributed by atoms with Gasteiger partial charge in [-0.2, -0.15) is 0 Å². The first-order valence-corrected chi connectivity index (χ1v) is 6.39. The standard InChI is InChI=1S/C14H21FN2/c1-10-9-16-8-7-14(10)17-11(2)12-3-5-13(15)6-4-12/h3-6,10-11,14,16-17H,7-9H2,1-2H3. The van der Waals surface area contributed by atoms with E-state index in [0.717, 1.165) is 25.1 Å². The minimum Gasteiger partial charge on any atom is -0.316 e. The topological polar surface area (TPSA) is 24.1 Å². The van der Waals surface area contributed by atoms with Gasteiger partial charge in [-0.05, 0) is 50.0 Å². The van der Waals surface area contributed by atoms with Crippen molar-refractivity contribution in [2.75, 3.05) is 13.1 Å². The lowest BCUT2D eigenvalue weighted by molar-refractivity contribution is 0.278. The molecular weight excluding hydrogens is 215 g/mol. The van der Waals surface area contributed by atoms with Crippen molar-refractivity contribution in [1.82, 2.24) is 10.6 Å². The molecule has 1 aromatic rings. The maximum atomic E-state index is 12.8. The van der Waals surface area contributed by atoms with E-state index >= 15 is 0 Å². The van der Waals surface area contributed by atoms with E-state index < -0.39 is 0 Å². The Kier molecular flexibility index (Phi) is 4.13. The third kappa shape index (κ3) is 3.27. The van der Waals surface area contributed by atoms with E-state index in [9.17, 15) is 4.39 Å². The molecule has 17 heavy (non-hydrogen) atoms. The van der Waals surface area contributed by atoms with Crippen LogP contribution in [0.1, 0.15) is 31.9 Å². The fourth-order valence-corrected chi connectivity index (χ4v) is 2.43. The average Bonchev–Trinajstić information content (AvgIpc) is 2.33. The Labute approximate surface area is 103 Å². The first-order chi connectivity index (χ1) is 8.16. The van der Waals surface area contributed by atoms with Gasteiger partial charge in [0.15, 0.2) is 0 Å². The number of piperidine rings is 1. The number of benzene rings is 1. The van der Waals surface area contributed by atoms with Crippen LogP contribution in [0.2, 0.25) is 0 Å². The molecule has 3 unspecified atom stereocenters. The van der Waals surface area contributed by atoms with E-state index in [1.54, 1.807) is 0 Å². The predicted octanol–water partition coefficient (Wildman–Crippen LogP) is 2.47. The molecule has 94 valence electrons. The second kappa shape index (κ2) is 5.61. The Morgan fingerprint density at radius 2 is 2.06 bits per heavy atom. The Morgan fingerprint density at radius 3 is 2.71 bits per heavy atom. The smallest absolute Gasteiger partial charge is 0.123 e. The summed E-state index contributed by atoms with van der Waals surface area (Å²) in [7, 11) is 0. The van der Waals surface area contributed by atoms with Crippen molar-refractivity contribution in [3.63, 3.8) is 0 Å².